The van der Waals surface area contributed by atoms with Crippen LogP contribution in [0.3, 0.4) is 0 Å². The van der Waals surface area contributed by atoms with E-state index in [1.165, 1.54) is 4.88 Å². The molecular weight excluding hydrogens is 218 g/mol. The van der Waals surface area contributed by atoms with Gasteiger partial charge in [0, 0.05) is 24.0 Å². The first-order valence-corrected chi connectivity index (χ1v) is 6.70. The molecule has 0 aliphatic rings. The highest BCUT2D eigenvalue weighted by Crippen LogP contribution is 2.14. The molecule has 0 aromatic carbocycles. The zero-order chi connectivity index (χ0) is 12.1. The van der Waals surface area contributed by atoms with Gasteiger partial charge in [-0.05, 0) is 26.3 Å². The minimum atomic E-state index is 0.276. The first kappa shape index (κ1) is 13.6. The van der Waals surface area contributed by atoms with Gasteiger partial charge in [-0.3, -0.25) is 4.90 Å². The second kappa shape index (κ2) is 6.33. The minimum absolute atomic E-state index is 0.276. The van der Waals surface area contributed by atoms with Crippen LogP contribution in [0, 0.1) is 12.8 Å². The molecule has 16 heavy (non-hydrogen) atoms. The zero-order valence-corrected chi connectivity index (χ0v) is 11.5. The van der Waals surface area contributed by atoms with Gasteiger partial charge in [0.15, 0.2) is 0 Å². The molecule has 1 aromatic rings. The molecule has 2 N–H and O–H groups in total. The Kier molecular flexibility index (Phi) is 5.38. The highest BCUT2D eigenvalue weighted by Gasteiger charge is 2.11. The van der Waals surface area contributed by atoms with Crippen molar-refractivity contribution >= 4 is 11.3 Å². The van der Waals surface area contributed by atoms with E-state index in [1.54, 1.807) is 11.3 Å². The second-order valence-corrected chi connectivity index (χ2v) is 5.89. The molecule has 1 atom stereocenters. The maximum absolute atomic E-state index is 6.09. The number of hydrogen-bond donors (Lipinski definition) is 1. The van der Waals surface area contributed by atoms with Gasteiger partial charge < -0.3 is 5.73 Å². The quantitative estimate of drug-likeness (QED) is 0.830. The van der Waals surface area contributed by atoms with Crippen LogP contribution in [-0.4, -0.2) is 29.5 Å². The van der Waals surface area contributed by atoms with Crippen molar-refractivity contribution in [1.82, 2.24) is 9.88 Å². The van der Waals surface area contributed by atoms with Gasteiger partial charge in [0.1, 0.15) is 0 Å². The Morgan fingerprint density at radius 2 is 2.19 bits per heavy atom. The second-order valence-electron chi connectivity index (χ2n) is 4.95. The molecule has 3 nitrogen and oxygen atoms in total. The van der Waals surface area contributed by atoms with E-state index in [-0.39, 0.29) is 6.04 Å². The molecule has 0 radical (unpaired) electrons. The topological polar surface area (TPSA) is 42.2 Å². The lowest BCUT2D eigenvalue weighted by Gasteiger charge is -2.22. The van der Waals surface area contributed by atoms with E-state index < -0.39 is 0 Å². The Balaban J connectivity index is 2.36. The largest absolute Gasteiger partial charge is 0.327 e. The molecule has 0 aliphatic heterocycles. The first-order valence-electron chi connectivity index (χ1n) is 5.82. The molecule has 0 fully saturated rings. The van der Waals surface area contributed by atoms with E-state index in [0.717, 1.165) is 25.2 Å². The fourth-order valence-corrected chi connectivity index (χ4v) is 2.72. The van der Waals surface area contributed by atoms with E-state index in [4.69, 9.17) is 5.73 Å². The van der Waals surface area contributed by atoms with E-state index in [2.05, 4.69) is 37.7 Å². The van der Waals surface area contributed by atoms with Crippen LogP contribution in [0.15, 0.2) is 5.51 Å². The summed E-state index contributed by atoms with van der Waals surface area (Å²) in [5.74, 6) is 0.675. The van der Waals surface area contributed by atoms with Crippen LogP contribution in [0.5, 0.6) is 0 Å². The number of likely N-dealkylation sites (N-methyl/N-ethyl adjacent to an activating group) is 1. The third-order valence-corrected chi connectivity index (χ3v) is 3.50. The molecule has 0 saturated heterocycles. The van der Waals surface area contributed by atoms with Crippen molar-refractivity contribution in [2.75, 3.05) is 13.6 Å². The molecule has 1 heterocycles. The average Bonchev–Trinajstić information content (AvgIpc) is 2.49. The van der Waals surface area contributed by atoms with E-state index >= 15 is 0 Å². The molecule has 92 valence electrons. The fourth-order valence-electron chi connectivity index (χ4n) is 1.87. The number of nitrogens with zero attached hydrogens (tertiary/aromatic N) is 2. The highest BCUT2D eigenvalue weighted by atomic mass is 32.1. The van der Waals surface area contributed by atoms with Gasteiger partial charge in [0.25, 0.3) is 0 Å². The maximum Gasteiger partial charge on any atom is 0.0798 e. The molecule has 0 bridgehead atoms. The van der Waals surface area contributed by atoms with Gasteiger partial charge in [-0.15, -0.1) is 11.3 Å². The van der Waals surface area contributed by atoms with Crippen molar-refractivity contribution in [2.24, 2.45) is 11.7 Å². The molecule has 1 unspecified atom stereocenters. The third-order valence-electron chi connectivity index (χ3n) is 2.58. The van der Waals surface area contributed by atoms with Crippen LogP contribution in [0.1, 0.15) is 30.8 Å². The SMILES string of the molecule is Cc1ncsc1CN(C)CC(N)CC(C)C. The summed E-state index contributed by atoms with van der Waals surface area (Å²) in [7, 11) is 2.12. The monoisotopic (exact) mass is 241 g/mol. The normalized spacial score (nSPS) is 13.7. The minimum Gasteiger partial charge on any atom is -0.327 e. The molecule has 0 saturated carbocycles. The van der Waals surface area contributed by atoms with E-state index in [0.29, 0.717) is 5.92 Å². The van der Waals surface area contributed by atoms with Crippen molar-refractivity contribution in [3.8, 4) is 0 Å². The number of aromatic nitrogens is 1. The smallest absolute Gasteiger partial charge is 0.0798 e. The zero-order valence-electron chi connectivity index (χ0n) is 10.7. The van der Waals surface area contributed by atoms with E-state index in [1.807, 2.05) is 5.51 Å². The predicted octanol–water partition coefficient (Wildman–Crippen LogP) is 2.26. The molecule has 1 rings (SSSR count). The van der Waals surface area contributed by atoms with Gasteiger partial charge in [-0.1, -0.05) is 13.8 Å². The Hall–Kier alpha value is -0.450. The summed E-state index contributed by atoms with van der Waals surface area (Å²) in [6.07, 6.45) is 1.09. The molecule has 1 aromatic heterocycles. The van der Waals surface area contributed by atoms with Crippen LogP contribution in [0.25, 0.3) is 0 Å². The summed E-state index contributed by atoms with van der Waals surface area (Å²) < 4.78 is 0. The van der Waals surface area contributed by atoms with Gasteiger partial charge >= 0.3 is 0 Å². The highest BCUT2D eigenvalue weighted by molar-refractivity contribution is 7.09. The van der Waals surface area contributed by atoms with Crippen LogP contribution < -0.4 is 5.73 Å². The van der Waals surface area contributed by atoms with Crippen molar-refractivity contribution in [2.45, 2.75) is 39.8 Å². The molecule has 4 heteroatoms. The summed E-state index contributed by atoms with van der Waals surface area (Å²) in [5, 5.41) is 0. The van der Waals surface area contributed by atoms with Crippen LogP contribution >= 0.6 is 11.3 Å². The average molecular weight is 241 g/mol. The number of aryl methyl sites for hydroxylation is 1. The van der Waals surface area contributed by atoms with Gasteiger partial charge in [0.2, 0.25) is 0 Å². The summed E-state index contributed by atoms with van der Waals surface area (Å²) in [5.41, 5.74) is 9.15. The predicted molar refractivity (Wildman–Crippen MR) is 70.6 cm³/mol. The molecule has 0 spiro atoms. The van der Waals surface area contributed by atoms with Crippen molar-refractivity contribution < 1.29 is 0 Å². The van der Waals surface area contributed by atoms with Gasteiger partial charge in [-0.25, -0.2) is 4.98 Å². The molecule has 0 amide bonds. The van der Waals surface area contributed by atoms with Crippen molar-refractivity contribution in [3.05, 3.63) is 16.1 Å². The standard InChI is InChI=1S/C12H23N3S/c1-9(2)5-11(13)6-15(4)7-12-10(3)14-8-16-12/h8-9,11H,5-7,13H2,1-4H3. The summed E-state index contributed by atoms with van der Waals surface area (Å²) in [6, 6.07) is 0.276. The Morgan fingerprint density at radius 1 is 1.50 bits per heavy atom. The van der Waals surface area contributed by atoms with Crippen molar-refractivity contribution in [3.63, 3.8) is 0 Å². The number of nitrogens with two attached hydrogens (primary N) is 1. The fraction of sp³-hybridized carbons (Fsp3) is 0.750. The number of hydrogen-bond acceptors (Lipinski definition) is 4. The van der Waals surface area contributed by atoms with Crippen LogP contribution in [0.4, 0.5) is 0 Å². The summed E-state index contributed by atoms with van der Waals surface area (Å²) in [6.45, 7) is 8.41. The number of thiazole rings is 1. The lowest BCUT2D eigenvalue weighted by atomic mass is 10.0. The Bertz CT molecular complexity index is 309. The molecule has 0 aliphatic carbocycles. The Labute approximate surface area is 103 Å². The van der Waals surface area contributed by atoms with E-state index in [9.17, 15) is 0 Å². The van der Waals surface area contributed by atoms with Gasteiger partial charge in [-0.2, -0.15) is 0 Å². The number of rotatable bonds is 6. The third kappa shape index (κ3) is 4.60. The van der Waals surface area contributed by atoms with Gasteiger partial charge in [0.05, 0.1) is 11.2 Å². The summed E-state index contributed by atoms with van der Waals surface area (Å²) >= 11 is 1.73. The summed E-state index contributed by atoms with van der Waals surface area (Å²) in [4.78, 5) is 7.89. The maximum atomic E-state index is 6.09. The Morgan fingerprint density at radius 3 is 2.69 bits per heavy atom. The molecular formula is C12H23N3S. The van der Waals surface area contributed by atoms with Crippen LogP contribution in [0.2, 0.25) is 0 Å². The van der Waals surface area contributed by atoms with Crippen molar-refractivity contribution in [1.29, 1.82) is 0 Å². The lowest BCUT2D eigenvalue weighted by Crippen LogP contribution is -2.35. The van der Waals surface area contributed by atoms with Crippen LogP contribution in [-0.2, 0) is 6.54 Å². The lowest BCUT2D eigenvalue weighted by molar-refractivity contribution is 0.288. The first-order chi connectivity index (χ1) is 7.49.